The summed E-state index contributed by atoms with van der Waals surface area (Å²) in [6, 6.07) is 0. The second-order valence-electron chi connectivity index (χ2n) is 7.09. The van der Waals surface area contributed by atoms with Crippen LogP contribution in [0.1, 0.15) is 0 Å². The minimum absolute atomic E-state index is 1.16. The van der Waals surface area contributed by atoms with E-state index < -0.39 is 78.3 Å². The van der Waals surface area contributed by atoms with Gasteiger partial charge in [-0.25, -0.2) is 4.74 Å². The zero-order valence-electron chi connectivity index (χ0n) is 17.0. The lowest BCUT2D eigenvalue weighted by atomic mass is 9.87. The van der Waals surface area contributed by atoms with E-state index in [-0.39, 0.29) is 0 Å². The summed E-state index contributed by atoms with van der Waals surface area (Å²) in [7, 11) is 0. The highest BCUT2D eigenvalue weighted by molar-refractivity contribution is 5.17. The highest BCUT2D eigenvalue weighted by Gasteiger charge is 2.98. The largest absolute Gasteiger partial charge is 0.460 e. The molecule has 1 N–H and O–H groups in total. The van der Waals surface area contributed by atoms with Gasteiger partial charge in [-0.1, -0.05) is 0 Å². The smallest absolute Gasteiger partial charge is 0.390 e. The van der Waals surface area contributed by atoms with Crippen molar-refractivity contribution in [1.82, 2.24) is 0 Å². The van der Waals surface area contributed by atoms with Gasteiger partial charge in [0.25, 0.3) is 0 Å². The molecular weight excluding hydrogens is 663 g/mol. The van der Waals surface area contributed by atoms with Crippen molar-refractivity contribution >= 4 is 0 Å². The van der Waals surface area contributed by atoms with E-state index in [4.69, 9.17) is 5.11 Å². The van der Waals surface area contributed by atoms with Crippen LogP contribution in [0, 0.1) is 0 Å². The van der Waals surface area contributed by atoms with E-state index in [1.807, 2.05) is 0 Å². The predicted molar refractivity (Wildman–Crippen MR) is 68.6 cm³/mol. The van der Waals surface area contributed by atoms with Crippen LogP contribution in [0.5, 0.6) is 0 Å². The molecule has 0 amide bonds. The fraction of sp³-hybridized carbons (Fsp3) is 1.00. The van der Waals surface area contributed by atoms with Crippen LogP contribution in [0.25, 0.3) is 0 Å². The number of halogens is 25. The lowest BCUT2D eigenvalue weighted by Crippen LogP contribution is -2.77. The molecule has 0 unspecified atom stereocenters. The van der Waals surface area contributed by atoms with Gasteiger partial charge in [0.2, 0.25) is 0 Å². The van der Waals surface area contributed by atoms with Gasteiger partial charge in [-0.15, -0.1) is 0 Å². The van der Waals surface area contributed by atoms with E-state index in [1.54, 1.807) is 0 Å². The molecule has 242 valence electrons. The molecule has 0 radical (unpaired) electrons. The summed E-state index contributed by atoms with van der Waals surface area (Å²) >= 11 is 0. The molecule has 0 heterocycles. The highest BCUT2D eigenvalue weighted by Crippen LogP contribution is 2.66. The van der Waals surface area contributed by atoms with Crippen LogP contribution in [0.3, 0.4) is 0 Å². The first-order chi connectivity index (χ1) is 16.8. The Hall–Kier alpha value is -1.83. The fourth-order valence-corrected chi connectivity index (χ4v) is 1.94. The summed E-state index contributed by atoms with van der Waals surface area (Å²) < 4.78 is 326. The first-order valence-corrected chi connectivity index (χ1v) is 8.30. The van der Waals surface area contributed by atoms with Crippen LogP contribution >= 0.6 is 0 Å². The third-order valence-electron chi connectivity index (χ3n) is 4.36. The van der Waals surface area contributed by atoms with Gasteiger partial charge >= 0.3 is 71.7 Å². The topological polar surface area (TPSA) is 29.5 Å². The van der Waals surface area contributed by atoms with Crippen molar-refractivity contribution < 1.29 is 120 Å². The molecule has 0 spiro atoms. The summed E-state index contributed by atoms with van der Waals surface area (Å²) in [6.07, 6.45) is -24.0. The number of aliphatic hydroxyl groups is 1. The van der Waals surface area contributed by atoms with Gasteiger partial charge in [0.15, 0.2) is 0 Å². The lowest BCUT2D eigenvalue weighted by molar-refractivity contribution is -0.513. The quantitative estimate of drug-likeness (QED) is 0.220. The molecule has 0 fully saturated rings. The average Bonchev–Trinajstić information content (AvgIpc) is 2.70. The minimum Gasteiger partial charge on any atom is -0.390 e. The first-order valence-electron chi connectivity index (χ1n) is 8.30. The Bertz CT molecular complexity index is 912. The number of rotatable bonds is 12. The van der Waals surface area contributed by atoms with E-state index in [0.717, 1.165) is 4.74 Å². The SMILES string of the molecule is OCC(F)(F)C(F)(F)OC(F)(F)C(F)(F)C(F)(F)C(F)(F)C(F)(F)C(F)(F)C(F)(F)C(F)(F)C(F)(F)C(F)(F)F. The maximum absolute atomic E-state index is 13.5. The Morgan fingerprint density at radius 1 is 0.325 bits per heavy atom. The van der Waals surface area contributed by atoms with Gasteiger partial charge in [0.05, 0.1) is 0 Å². The average molecular weight is 666 g/mol. The monoisotopic (exact) mass is 666 g/mol. The molecule has 0 bridgehead atoms. The summed E-state index contributed by atoms with van der Waals surface area (Å²) in [4.78, 5) is 0. The number of hydrogen-bond acceptors (Lipinski definition) is 2. The number of aliphatic hydroxyl groups excluding tert-OH is 1. The molecule has 0 atom stereocenters. The zero-order chi connectivity index (χ0) is 33.4. The van der Waals surface area contributed by atoms with Crippen molar-refractivity contribution in [3.63, 3.8) is 0 Å². The van der Waals surface area contributed by atoms with Gasteiger partial charge in [-0.2, -0.15) is 110 Å². The highest BCUT2D eigenvalue weighted by atomic mass is 19.4. The maximum atomic E-state index is 13.5. The molecule has 0 aliphatic carbocycles. The second kappa shape index (κ2) is 9.34. The molecule has 0 saturated heterocycles. The second-order valence-corrected chi connectivity index (χ2v) is 7.09. The van der Waals surface area contributed by atoms with E-state index in [9.17, 15) is 110 Å². The van der Waals surface area contributed by atoms with Gasteiger partial charge in [0.1, 0.15) is 6.61 Å². The summed E-state index contributed by atoms with van der Waals surface area (Å²) in [5.41, 5.74) is 0. The van der Waals surface area contributed by atoms with E-state index in [1.165, 1.54) is 0 Å². The van der Waals surface area contributed by atoms with Gasteiger partial charge in [-0.3, -0.25) is 0 Å². The van der Waals surface area contributed by atoms with Crippen LogP contribution < -0.4 is 0 Å². The Morgan fingerprint density at radius 2 is 0.550 bits per heavy atom. The third-order valence-corrected chi connectivity index (χ3v) is 4.36. The lowest BCUT2D eigenvalue weighted by Gasteiger charge is -2.44. The van der Waals surface area contributed by atoms with Crippen molar-refractivity contribution in [2.45, 2.75) is 71.7 Å². The first kappa shape index (κ1) is 38.2. The van der Waals surface area contributed by atoms with Gasteiger partial charge in [0, 0.05) is 0 Å². The van der Waals surface area contributed by atoms with Crippen LogP contribution in [0.4, 0.5) is 110 Å². The fourth-order valence-electron chi connectivity index (χ4n) is 1.94. The summed E-state index contributed by atoms with van der Waals surface area (Å²) in [5.74, 6) is -80.5. The summed E-state index contributed by atoms with van der Waals surface area (Å²) in [6.45, 7) is -3.43. The Morgan fingerprint density at radius 3 is 0.775 bits per heavy atom. The molecule has 0 aromatic carbocycles. The molecule has 0 aliphatic heterocycles. The number of ether oxygens (including phenoxy) is 1. The van der Waals surface area contributed by atoms with E-state index in [0.29, 0.717) is 0 Å². The molecule has 0 aromatic rings. The Labute approximate surface area is 199 Å². The number of alkyl halides is 25. The van der Waals surface area contributed by atoms with Crippen molar-refractivity contribution in [1.29, 1.82) is 0 Å². The molecule has 0 aromatic heterocycles. The van der Waals surface area contributed by atoms with Gasteiger partial charge < -0.3 is 5.11 Å². The summed E-state index contributed by atoms with van der Waals surface area (Å²) in [5, 5.41) is 7.81. The molecular formula is C13H3F25O2. The van der Waals surface area contributed by atoms with E-state index in [2.05, 4.69) is 0 Å². The minimum atomic E-state index is -9.55. The standard InChI is InChI=1S/C13H3F25O2/c14-2(15,1-39)12(35,36)40-13(37,38)10(30,31)8(26,27)6(22,23)4(18,19)3(16,17)5(20,21)7(24,25)9(28,29)11(32,33)34/h39H,1H2. The molecule has 40 heavy (non-hydrogen) atoms. The Kier molecular flexibility index (Phi) is 8.91. The van der Waals surface area contributed by atoms with Gasteiger partial charge in [-0.05, 0) is 0 Å². The zero-order valence-corrected chi connectivity index (χ0v) is 17.0. The molecule has 0 saturated carbocycles. The van der Waals surface area contributed by atoms with Crippen molar-refractivity contribution in [2.24, 2.45) is 0 Å². The normalized spacial score (nSPS) is 16.9. The molecule has 0 aliphatic rings. The third kappa shape index (κ3) is 4.74. The van der Waals surface area contributed by atoms with Crippen molar-refractivity contribution in [2.75, 3.05) is 6.61 Å². The predicted octanol–water partition coefficient (Wildman–Crippen LogP) is 7.46. The number of hydrogen-bond donors (Lipinski definition) is 1. The van der Waals surface area contributed by atoms with Crippen LogP contribution in [-0.2, 0) is 4.74 Å². The van der Waals surface area contributed by atoms with E-state index >= 15 is 0 Å². The Balaban J connectivity index is 7.11. The maximum Gasteiger partial charge on any atom is 0.460 e. The van der Waals surface area contributed by atoms with Crippen molar-refractivity contribution in [3.8, 4) is 0 Å². The van der Waals surface area contributed by atoms with Crippen molar-refractivity contribution in [3.05, 3.63) is 0 Å². The molecule has 27 heteroatoms. The van der Waals surface area contributed by atoms with Crippen LogP contribution in [0.15, 0.2) is 0 Å². The van der Waals surface area contributed by atoms with Crippen LogP contribution in [-0.4, -0.2) is 83.4 Å². The van der Waals surface area contributed by atoms with Crippen LogP contribution in [0.2, 0.25) is 0 Å². The molecule has 0 rings (SSSR count). The molecule has 2 nitrogen and oxygen atoms in total.